The summed E-state index contributed by atoms with van der Waals surface area (Å²) in [4.78, 5) is 4.45. The highest BCUT2D eigenvalue weighted by Crippen LogP contribution is 2.27. The lowest BCUT2D eigenvalue weighted by atomic mass is 9.96. The summed E-state index contributed by atoms with van der Waals surface area (Å²) in [6.07, 6.45) is -0.707. The highest BCUT2D eigenvalue weighted by atomic mass is 32.1. The maximum atomic E-state index is 10.4. The van der Waals surface area contributed by atoms with Crippen molar-refractivity contribution in [3.63, 3.8) is 0 Å². The third kappa shape index (κ3) is 4.56. The van der Waals surface area contributed by atoms with Crippen LogP contribution in [0.25, 0.3) is 0 Å². The normalized spacial score (nSPS) is 12.8. The maximum absolute atomic E-state index is 10.4. The van der Waals surface area contributed by atoms with E-state index in [9.17, 15) is 5.11 Å². The van der Waals surface area contributed by atoms with Gasteiger partial charge in [-0.15, -0.1) is 0 Å². The molecule has 0 spiro atoms. The Hall–Kier alpha value is -1.86. The third-order valence-electron chi connectivity index (χ3n) is 3.30. The topological polar surface area (TPSA) is 76.5 Å². The second kappa shape index (κ2) is 7.14. The number of ether oxygens (including phenoxy) is 2. The molecule has 0 bridgehead atoms. The first-order valence-corrected chi connectivity index (χ1v) is 8.10. The average molecular weight is 337 g/mol. The van der Waals surface area contributed by atoms with Gasteiger partial charge in [0.1, 0.15) is 17.3 Å². The number of aliphatic hydroxyl groups excluding tert-OH is 1. The molecule has 0 aliphatic heterocycles. The van der Waals surface area contributed by atoms with Gasteiger partial charge in [-0.2, -0.15) is 4.37 Å². The Kier molecular flexibility index (Phi) is 5.43. The molecule has 2 rings (SSSR count). The van der Waals surface area contributed by atoms with Crippen LogP contribution < -0.4 is 14.8 Å². The number of anilines is 1. The van der Waals surface area contributed by atoms with Crippen LogP contribution in [0.3, 0.4) is 0 Å². The van der Waals surface area contributed by atoms with E-state index < -0.39 is 6.10 Å². The van der Waals surface area contributed by atoms with Crippen molar-refractivity contribution in [2.75, 3.05) is 26.1 Å². The summed E-state index contributed by atoms with van der Waals surface area (Å²) in [5, 5.41) is 14.2. The number of aliphatic hydroxyl groups is 1. The van der Waals surface area contributed by atoms with Gasteiger partial charge in [-0.05, 0) is 17.7 Å². The van der Waals surface area contributed by atoms with Gasteiger partial charge in [0, 0.05) is 29.6 Å². The van der Waals surface area contributed by atoms with E-state index in [1.807, 2.05) is 0 Å². The van der Waals surface area contributed by atoms with Gasteiger partial charge < -0.3 is 19.9 Å². The van der Waals surface area contributed by atoms with Gasteiger partial charge in [0.05, 0.1) is 20.3 Å². The molecule has 7 heteroatoms. The van der Waals surface area contributed by atoms with Crippen molar-refractivity contribution in [1.29, 1.82) is 0 Å². The van der Waals surface area contributed by atoms with Crippen LogP contribution >= 0.6 is 11.5 Å². The lowest BCUT2D eigenvalue weighted by Gasteiger charge is -2.14. The molecular weight excluding hydrogens is 314 g/mol. The summed E-state index contributed by atoms with van der Waals surface area (Å²) in [5.41, 5.74) is 0.629. The van der Waals surface area contributed by atoms with Gasteiger partial charge in [0.15, 0.2) is 0 Å². The van der Waals surface area contributed by atoms with Crippen LogP contribution in [0.1, 0.15) is 38.3 Å². The van der Waals surface area contributed by atoms with E-state index in [2.05, 4.69) is 35.4 Å². The summed E-state index contributed by atoms with van der Waals surface area (Å²) in [7, 11) is 3.16. The van der Waals surface area contributed by atoms with Crippen molar-refractivity contribution < 1.29 is 14.6 Å². The number of benzene rings is 1. The molecule has 6 nitrogen and oxygen atoms in total. The van der Waals surface area contributed by atoms with E-state index in [1.165, 1.54) is 11.5 Å². The molecule has 23 heavy (non-hydrogen) atoms. The zero-order valence-corrected chi connectivity index (χ0v) is 14.9. The van der Waals surface area contributed by atoms with Crippen molar-refractivity contribution in [1.82, 2.24) is 9.36 Å². The smallest absolute Gasteiger partial charge is 0.202 e. The number of rotatable bonds is 6. The summed E-state index contributed by atoms with van der Waals surface area (Å²) in [5.74, 6) is 2.08. The van der Waals surface area contributed by atoms with Crippen molar-refractivity contribution in [3.8, 4) is 11.5 Å². The minimum absolute atomic E-state index is 0.0881. The molecule has 0 aliphatic carbocycles. The highest BCUT2D eigenvalue weighted by Gasteiger charge is 2.20. The van der Waals surface area contributed by atoms with Crippen LogP contribution in [0.2, 0.25) is 0 Å². The number of hydrogen-bond donors (Lipinski definition) is 2. The number of aromatic nitrogens is 2. The zero-order chi connectivity index (χ0) is 17.0. The molecule has 0 fully saturated rings. The molecule has 0 radical (unpaired) electrons. The first-order valence-electron chi connectivity index (χ1n) is 7.32. The summed E-state index contributed by atoms with van der Waals surface area (Å²) in [6, 6.07) is 5.34. The SMILES string of the molecule is COc1cc(OC)cc(C(O)CNc2nc(C(C)(C)C)ns2)c1. The fraction of sp³-hybridized carbons (Fsp3) is 0.500. The van der Waals surface area contributed by atoms with Crippen LogP contribution in [-0.4, -0.2) is 35.2 Å². The first-order chi connectivity index (χ1) is 10.8. The minimum Gasteiger partial charge on any atom is -0.497 e. The molecule has 0 aliphatic rings. The maximum Gasteiger partial charge on any atom is 0.202 e. The predicted molar refractivity (Wildman–Crippen MR) is 91.6 cm³/mol. The molecule has 0 saturated carbocycles. The number of methoxy groups -OCH3 is 2. The van der Waals surface area contributed by atoms with Crippen molar-refractivity contribution in [2.45, 2.75) is 32.3 Å². The Labute approximate surface area is 140 Å². The van der Waals surface area contributed by atoms with Gasteiger partial charge in [0.2, 0.25) is 5.13 Å². The molecule has 1 aromatic carbocycles. The molecular formula is C16H23N3O3S. The van der Waals surface area contributed by atoms with E-state index in [0.717, 1.165) is 5.82 Å². The van der Waals surface area contributed by atoms with Crippen LogP contribution in [0.4, 0.5) is 5.13 Å². The number of hydrogen-bond acceptors (Lipinski definition) is 7. The van der Waals surface area contributed by atoms with Crippen molar-refractivity contribution in [3.05, 3.63) is 29.6 Å². The summed E-state index contributed by atoms with van der Waals surface area (Å²) in [6.45, 7) is 6.53. The highest BCUT2D eigenvalue weighted by molar-refractivity contribution is 7.09. The Bertz CT molecular complexity index is 630. The first kappa shape index (κ1) is 17.5. The van der Waals surface area contributed by atoms with E-state index in [0.29, 0.717) is 28.7 Å². The van der Waals surface area contributed by atoms with Crippen LogP contribution in [-0.2, 0) is 5.41 Å². The van der Waals surface area contributed by atoms with Gasteiger partial charge in [-0.1, -0.05) is 20.8 Å². The van der Waals surface area contributed by atoms with Gasteiger partial charge in [-0.25, -0.2) is 4.98 Å². The van der Waals surface area contributed by atoms with Crippen molar-refractivity contribution >= 4 is 16.7 Å². The van der Waals surface area contributed by atoms with Crippen LogP contribution in [0.15, 0.2) is 18.2 Å². The molecule has 1 atom stereocenters. The van der Waals surface area contributed by atoms with Crippen LogP contribution in [0.5, 0.6) is 11.5 Å². The van der Waals surface area contributed by atoms with Gasteiger partial charge in [-0.3, -0.25) is 0 Å². The Balaban J connectivity index is 2.04. The quantitative estimate of drug-likeness (QED) is 0.844. The van der Waals surface area contributed by atoms with E-state index in [-0.39, 0.29) is 5.41 Å². The fourth-order valence-electron chi connectivity index (χ4n) is 1.92. The third-order valence-corrected chi connectivity index (χ3v) is 3.97. The Morgan fingerprint density at radius 3 is 2.26 bits per heavy atom. The second-order valence-electron chi connectivity index (χ2n) is 6.22. The Morgan fingerprint density at radius 1 is 1.17 bits per heavy atom. The van der Waals surface area contributed by atoms with E-state index >= 15 is 0 Å². The molecule has 2 N–H and O–H groups in total. The monoisotopic (exact) mass is 337 g/mol. The molecule has 0 saturated heterocycles. The zero-order valence-electron chi connectivity index (χ0n) is 14.1. The molecule has 1 heterocycles. The van der Waals surface area contributed by atoms with E-state index in [1.54, 1.807) is 32.4 Å². The number of nitrogens with one attached hydrogen (secondary N) is 1. The van der Waals surface area contributed by atoms with Crippen molar-refractivity contribution in [2.24, 2.45) is 0 Å². The Morgan fingerprint density at radius 2 is 1.78 bits per heavy atom. The van der Waals surface area contributed by atoms with E-state index in [4.69, 9.17) is 9.47 Å². The lowest BCUT2D eigenvalue weighted by molar-refractivity contribution is 0.190. The van der Waals surface area contributed by atoms with Crippen LogP contribution in [0, 0.1) is 0 Å². The summed E-state index contributed by atoms with van der Waals surface area (Å²) >= 11 is 1.30. The molecule has 126 valence electrons. The second-order valence-corrected chi connectivity index (χ2v) is 6.97. The molecule has 2 aromatic rings. The van der Waals surface area contributed by atoms with Gasteiger partial charge >= 0.3 is 0 Å². The molecule has 1 unspecified atom stereocenters. The van der Waals surface area contributed by atoms with Gasteiger partial charge in [0.25, 0.3) is 0 Å². The predicted octanol–water partition coefficient (Wildman–Crippen LogP) is 3.00. The number of nitrogens with zero attached hydrogens (tertiary/aromatic N) is 2. The average Bonchev–Trinajstić information content (AvgIpc) is 3.01. The standard InChI is InChI=1S/C16H23N3O3S/c1-16(2,3)14-18-15(23-19-14)17-9-13(20)10-6-11(21-4)8-12(7-10)22-5/h6-8,13,20H,9H2,1-5H3,(H,17,18,19). The summed E-state index contributed by atoms with van der Waals surface area (Å²) < 4.78 is 14.8. The fourth-order valence-corrected chi connectivity index (χ4v) is 2.69. The minimum atomic E-state index is -0.707. The lowest BCUT2D eigenvalue weighted by Crippen LogP contribution is -2.15. The molecule has 1 aromatic heterocycles. The molecule has 0 amide bonds. The largest absolute Gasteiger partial charge is 0.497 e.